The third-order valence-corrected chi connectivity index (χ3v) is 6.85. The Kier molecular flexibility index (Phi) is 7.29. The Morgan fingerprint density at radius 3 is 2.35 bits per heavy atom. The van der Waals surface area contributed by atoms with E-state index in [0.29, 0.717) is 30.8 Å². The Balaban J connectivity index is 1.43. The summed E-state index contributed by atoms with van der Waals surface area (Å²) >= 11 is 0. The summed E-state index contributed by atoms with van der Waals surface area (Å²) in [4.78, 5) is 26.0. The molecule has 1 aliphatic rings. The highest BCUT2D eigenvalue weighted by Crippen LogP contribution is 2.18. The van der Waals surface area contributed by atoms with E-state index in [0.717, 1.165) is 22.8 Å². The third kappa shape index (κ3) is 5.83. The largest absolute Gasteiger partial charge is 0.492 e. The first-order valence-corrected chi connectivity index (χ1v) is 11.5. The van der Waals surface area contributed by atoms with Crippen LogP contribution in [0.4, 0.5) is 0 Å². The lowest BCUT2D eigenvalue weighted by atomic mass is 10.1. The predicted octanol–water partition coefficient (Wildman–Crippen LogP) is 1.87. The van der Waals surface area contributed by atoms with Crippen molar-refractivity contribution in [1.82, 2.24) is 14.5 Å². The highest BCUT2D eigenvalue weighted by Gasteiger charge is 2.20. The lowest BCUT2D eigenvalue weighted by Crippen LogP contribution is -2.28. The van der Waals surface area contributed by atoms with Gasteiger partial charge in [0.05, 0.1) is 11.4 Å². The van der Waals surface area contributed by atoms with Gasteiger partial charge in [-0.15, -0.1) is 0 Å². The number of benzene rings is 2. The first-order valence-electron chi connectivity index (χ1n) is 10.1. The lowest BCUT2D eigenvalue weighted by Gasteiger charge is -2.15. The van der Waals surface area contributed by atoms with Gasteiger partial charge in [-0.1, -0.05) is 12.1 Å². The summed E-state index contributed by atoms with van der Waals surface area (Å²) in [7, 11) is -0.519. The van der Waals surface area contributed by atoms with Crippen LogP contribution in [0.25, 0.3) is 0 Å². The highest BCUT2D eigenvalue weighted by molar-refractivity contribution is 7.89. The molecule has 8 nitrogen and oxygen atoms in total. The van der Waals surface area contributed by atoms with Gasteiger partial charge in [0.2, 0.25) is 15.9 Å². The molecular formula is C22H27N3O5S. The summed E-state index contributed by atoms with van der Waals surface area (Å²) in [6.07, 6.45) is 1.52. The Hall–Kier alpha value is -2.91. The van der Waals surface area contributed by atoms with E-state index in [1.54, 1.807) is 24.3 Å². The Morgan fingerprint density at radius 1 is 1.10 bits per heavy atom. The van der Waals surface area contributed by atoms with E-state index in [-0.39, 0.29) is 23.3 Å². The molecule has 9 heteroatoms. The van der Waals surface area contributed by atoms with Gasteiger partial charge in [0.25, 0.3) is 5.91 Å². The fraction of sp³-hybridized carbons (Fsp3) is 0.364. The summed E-state index contributed by atoms with van der Waals surface area (Å²) in [5, 5.41) is 2.79. The van der Waals surface area contributed by atoms with Gasteiger partial charge in [-0.05, 0) is 48.4 Å². The van der Waals surface area contributed by atoms with Crippen molar-refractivity contribution in [2.45, 2.75) is 24.3 Å². The second-order valence-corrected chi connectivity index (χ2v) is 9.63. The van der Waals surface area contributed by atoms with Crippen LogP contribution in [0.2, 0.25) is 0 Å². The minimum atomic E-state index is -3.47. The van der Waals surface area contributed by atoms with E-state index in [1.807, 2.05) is 17.0 Å². The molecule has 1 aliphatic heterocycles. The second kappa shape index (κ2) is 9.93. The summed E-state index contributed by atoms with van der Waals surface area (Å²) in [5.41, 5.74) is 1.53. The molecule has 0 aromatic heterocycles. The molecule has 3 rings (SSSR count). The van der Waals surface area contributed by atoms with Gasteiger partial charge < -0.3 is 15.0 Å². The Bertz CT molecular complexity index is 1020. The SMILES string of the molecule is CN(C)S(=O)(=O)c1ccc(OCCNC(=O)c2ccc(CN3CCCC3=O)cc2)cc1. The van der Waals surface area contributed by atoms with E-state index in [9.17, 15) is 18.0 Å². The van der Waals surface area contributed by atoms with Crippen molar-refractivity contribution < 1.29 is 22.7 Å². The maximum atomic E-state index is 12.3. The van der Waals surface area contributed by atoms with Crippen molar-refractivity contribution in [1.29, 1.82) is 0 Å². The van der Waals surface area contributed by atoms with Gasteiger partial charge in [0.1, 0.15) is 12.4 Å². The van der Waals surface area contributed by atoms with Crippen LogP contribution < -0.4 is 10.1 Å². The van der Waals surface area contributed by atoms with Crippen molar-refractivity contribution in [3.63, 3.8) is 0 Å². The van der Waals surface area contributed by atoms with Crippen molar-refractivity contribution in [3.05, 3.63) is 59.7 Å². The first-order chi connectivity index (χ1) is 14.8. The second-order valence-electron chi connectivity index (χ2n) is 7.48. The number of hydrogen-bond donors (Lipinski definition) is 1. The van der Waals surface area contributed by atoms with Crippen molar-refractivity contribution in [2.75, 3.05) is 33.8 Å². The van der Waals surface area contributed by atoms with Gasteiger partial charge in [-0.25, -0.2) is 12.7 Å². The number of nitrogens with one attached hydrogen (secondary N) is 1. The zero-order valence-corrected chi connectivity index (χ0v) is 18.5. The van der Waals surface area contributed by atoms with Crippen LogP contribution in [0.15, 0.2) is 53.4 Å². The van der Waals surface area contributed by atoms with Gasteiger partial charge in [0.15, 0.2) is 0 Å². The molecule has 1 N–H and O–H groups in total. The number of amides is 2. The quantitative estimate of drug-likeness (QED) is 0.595. The standard InChI is InChI=1S/C22H27N3O5S/c1-24(2)31(28,29)20-11-9-19(10-12-20)30-15-13-23-22(27)18-7-5-17(6-8-18)16-25-14-3-4-21(25)26/h5-12H,3-4,13-16H2,1-2H3,(H,23,27). The molecule has 2 aromatic carbocycles. The molecule has 2 amide bonds. The average molecular weight is 446 g/mol. The maximum Gasteiger partial charge on any atom is 0.251 e. The molecule has 0 bridgehead atoms. The number of ether oxygens (including phenoxy) is 1. The van der Waals surface area contributed by atoms with Crippen LogP contribution in [0.5, 0.6) is 5.75 Å². The zero-order chi connectivity index (χ0) is 22.4. The summed E-state index contributed by atoms with van der Waals surface area (Å²) in [6.45, 7) is 1.92. The number of carbonyl (C=O) groups is 2. The van der Waals surface area contributed by atoms with Crippen LogP contribution in [0.3, 0.4) is 0 Å². The number of carbonyl (C=O) groups excluding carboxylic acids is 2. The molecule has 0 unspecified atom stereocenters. The van der Waals surface area contributed by atoms with Crippen LogP contribution in [-0.4, -0.2) is 63.2 Å². The minimum Gasteiger partial charge on any atom is -0.492 e. The summed E-state index contributed by atoms with van der Waals surface area (Å²) in [6, 6.07) is 13.4. The molecule has 0 atom stereocenters. The molecule has 1 fully saturated rings. The monoisotopic (exact) mass is 445 g/mol. The number of likely N-dealkylation sites (tertiary alicyclic amines) is 1. The molecule has 166 valence electrons. The van der Waals surface area contributed by atoms with Gasteiger partial charge >= 0.3 is 0 Å². The van der Waals surface area contributed by atoms with Crippen molar-refractivity contribution >= 4 is 21.8 Å². The van der Waals surface area contributed by atoms with Gasteiger partial charge in [0, 0.05) is 39.2 Å². The maximum absolute atomic E-state index is 12.3. The minimum absolute atomic E-state index is 0.177. The van der Waals surface area contributed by atoms with Crippen LogP contribution >= 0.6 is 0 Å². The van der Waals surface area contributed by atoms with Crippen LogP contribution in [0.1, 0.15) is 28.8 Å². The number of nitrogens with zero attached hydrogens (tertiary/aromatic N) is 2. The molecule has 1 heterocycles. The summed E-state index contributed by atoms with van der Waals surface area (Å²) in [5.74, 6) is 0.489. The van der Waals surface area contributed by atoms with E-state index in [2.05, 4.69) is 5.32 Å². The molecule has 0 spiro atoms. The Morgan fingerprint density at radius 2 is 1.77 bits per heavy atom. The molecular weight excluding hydrogens is 418 g/mol. The van der Waals surface area contributed by atoms with Gasteiger partial charge in [-0.2, -0.15) is 0 Å². The lowest BCUT2D eigenvalue weighted by molar-refractivity contribution is -0.128. The number of rotatable bonds is 9. The molecule has 0 aliphatic carbocycles. The van der Waals surface area contributed by atoms with E-state index in [4.69, 9.17) is 4.74 Å². The number of sulfonamides is 1. The van der Waals surface area contributed by atoms with Crippen LogP contribution in [-0.2, 0) is 21.4 Å². The van der Waals surface area contributed by atoms with Crippen molar-refractivity contribution in [2.24, 2.45) is 0 Å². The van der Waals surface area contributed by atoms with E-state index in [1.165, 1.54) is 26.2 Å². The normalized spacial score (nSPS) is 14.2. The molecule has 0 saturated carbocycles. The van der Waals surface area contributed by atoms with Gasteiger partial charge in [-0.3, -0.25) is 9.59 Å². The summed E-state index contributed by atoms with van der Waals surface area (Å²) < 4.78 is 30.8. The predicted molar refractivity (Wildman–Crippen MR) is 116 cm³/mol. The molecule has 1 saturated heterocycles. The van der Waals surface area contributed by atoms with Crippen LogP contribution in [0, 0.1) is 0 Å². The topological polar surface area (TPSA) is 96.0 Å². The molecule has 0 radical (unpaired) electrons. The highest BCUT2D eigenvalue weighted by atomic mass is 32.2. The van der Waals surface area contributed by atoms with E-state index >= 15 is 0 Å². The van der Waals surface area contributed by atoms with E-state index < -0.39 is 10.0 Å². The Labute approximate surface area is 182 Å². The average Bonchev–Trinajstić information content (AvgIpc) is 3.16. The fourth-order valence-corrected chi connectivity index (χ4v) is 4.11. The first kappa shape index (κ1) is 22.8. The number of hydrogen-bond acceptors (Lipinski definition) is 5. The molecule has 2 aromatic rings. The molecule has 31 heavy (non-hydrogen) atoms. The fourth-order valence-electron chi connectivity index (χ4n) is 3.21. The zero-order valence-electron chi connectivity index (χ0n) is 17.7. The third-order valence-electron chi connectivity index (χ3n) is 5.02. The van der Waals surface area contributed by atoms with Crippen molar-refractivity contribution in [3.8, 4) is 5.75 Å². The smallest absolute Gasteiger partial charge is 0.251 e.